The van der Waals surface area contributed by atoms with E-state index in [-0.39, 0.29) is 11.5 Å². The summed E-state index contributed by atoms with van der Waals surface area (Å²) in [6.07, 6.45) is 0.512. The van der Waals surface area contributed by atoms with E-state index in [0.717, 1.165) is 12.1 Å². The second-order valence-electron chi connectivity index (χ2n) is 3.77. The molecule has 1 heterocycles. The standard InChI is InChI=1S/C11H11FN4O3/c1-13-5-4-10-14-15-11(19-10)8-3-2-7(12)6-9(8)16(17)18/h2-3,6,13H,4-5H2,1H3. The van der Waals surface area contributed by atoms with Gasteiger partial charge in [-0.3, -0.25) is 10.1 Å². The number of nitrogens with zero attached hydrogens (tertiary/aromatic N) is 3. The van der Waals surface area contributed by atoms with E-state index in [9.17, 15) is 14.5 Å². The predicted octanol–water partition coefficient (Wildman–Crippen LogP) is 1.55. The summed E-state index contributed by atoms with van der Waals surface area (Å²) in [5, 5.41) is 21.3. The Balaban J connectivity index is 2.36. The Morgan fingerprint density at radius 1 is 1.47 bits per heavy atom. The number of likely N-dealkylation sites (N-methyl/N-ethyl adjacent to an activating group) is 1. The predicted molar refractivity (Wildman–Crippen MR) is 64.0 cm³/mol. The molecule has 19 heavy (non-hydrogen) atoms. The number of hydrogen-bond acceptors (Lipinski definition) is 6. The molecule has 1 N–H and O–H groups in total. The van der Waals surface area contributed by atoms with Crippen LogP contribution >= 0.6 is 0 Å². The maximum absolute atomic E-state index is 13.0. The smallest absolute Gasteiger partial charge is 0.285 e. The minimum Gasteiger partial charge on any atom is -0.420 e. The van der Waals surface area contributed by atoms with E-state index >= 15 is 0 Å². The molecule has 0 atom stereocenters. The monoisotopic (exact) mass is 266 g/mol. The van der Waals surface area contributed by atoms with Crippen LogP contribution in [0, 0.1) is 15.9 Å². The highest BCUT2D eigenvalue weighted by molar-refractivity contribution is 5.66. The molecule has 0 amide bonds. The van der Waals surface area contributed by atoms with E-state index in [0.29, 0.717) is 18.9 Å². The van der Waals surface area contributed by atoms with Crippen molar-refractivity contribution in [3.8, 4) is 11.5 Å². The van der Waals surface area contributed by atoms with Gasteiger partial charge >= 0.3 is 0 Å². The maximum Gasteiger partial charge on any atom is 0.285 e. The highest BCUT2D eigenvalue weighted by atomic mass is 19.1. The van der Waals surface area contributed by atoms with Gasteiger partial charge in [0.25, 0.3) is 11.6 Å². The topological polar surface area (TPSA) is 94.1 Å². The quantitative estimate of drug-likeness (QED) is 0.651. The lowest BCUT2D eigenvalue weighted by atomic mass is 10.2. The van der Waals surface area contributed by atoms with Gasteiger partial charge in [-0.25, -0.2) is 4.39 Å². The third-order valence-electron chi connectivity index (χ3n) is 2.44. The average molecular weight is 266 g/mol. The Kier molecular flexibility index (Phi) is 3.81. The zero-order valence-electron chi connectivity index (χ0n) is 10.1. The van der Waals surface area contributed by atoms with Gasteiger partial charge in [0.1, 0.15) is 11.4 Å². The molecule has 0 fully saturated rings. The second-order valence-corrected chi connectivity index (χ2v) is 3.77. The summed E-state index contributed by atoms with van der Waals surface area (Å²) >= 11 is 0. The molecule has 1 aromatic carbocycles. The molecule has 0 radical (unpaired) electrons. The van der Waals surface area contributed by atoms with Crippen molar-refractivity contribution in [2.45, 2.75) is 6.42 Å². The molecule has 7 nitrogen and oxygen atoms in total. The number of nitro groups is 1. The van der Waals surface area contributed by atoms with Gasteiger partial charge in [-0.05, 0) is 19.2 Å². The molecule has 100 valence electrons. The molecule has 0 aliphatic heterocycles. The van der Waals surface area contributed by atoms with Gasteiger partial charge in [0.2, 0.25) is 5.89 Å². The molecule has 0 unspecified atom stereocenters. The first-order chi connectivity index (χ1) is 9.11. The normalized spacial score (nSPS) is 10.6. The fourth-order valence-electron chi connectivity index (χ4n) is 1.53. The van der Waals surface area contributed by atoms with Crippen LogP contribution in [0.2, 0.25) is 0 Å². The van der Waals surface area contributed by atoms with Crippen molar-refractivity contribution in [3.63, 3.8) is 0 Å². The largest absolute Gasteiger partial charge is 0.420 e. The molecule has 0 spiro atoms. The van der Waals surface area contributed by atoms with Gasteiger partial charge in [-0.2, -0.15) is 0 Å². The zero-order chi connectivity index (χ0) is 13.8. The Labute approximate surface area is 107 Å². The zero-order valence-corrected chi connectivity index (χ0v) is 10.1. The van der Waals surface area contributed by atoms with Crippen molar-refractivity contribution in [2.24, 2.45) is 0 Å². The number of benzene rings is 1. The Hall–Kier alpha value is -2.35. The highest BCUT2D eigenvalue weighted by Gasteiger charge is 2.21. The van der Waals surface area contributed by atoms with Crippen LogP contribution < -0.4 is 5.32 Å². The summed E-state index contributed by atoms with van der Waals surface area (Å²) in [7, 11) is 1.78. The third kappa shape index (κ3) is 2.91. The minimum absolute atomic E-state index is 0.0119. The van der Waals surface area contributed by atoms with Crippen molar-refractivity contribution in [3.05, 3.63) is 40.0 Å². The summed E-state index contributed by atoms with van der Waals surface area (Å²) in [4.78, 5) is 10.2. The van der Waals surface area contributed by atoms with Gasteiger partial charge in [-0.1, -0.05) is 0 Å². The van der Waals surface area contributed by atoms with E-state index in [1.54, 1.807) is 7.05 Å². The minimum atomic E-state index is -0.689. The van der Waals surface area contributed by atoms with E-state index < -0.39 is 16.4 Å². The van der Waals surface area contributed by atoms with Gasteiger partial charge < -0.3 is 9.73 Å². The van der Waals surface area contributed by atoms with Crippen molar-refractivity contribution < 1.29 is 13.7 Å². The molecule has 2 rings (SSSR count). The third-order valence-corrected chi connectivity index (χ3v) is 2.44. The van der Waals surface area contributed by atoms with Gasteiger partial charge in [0.05, 0.1) is 11.0 Å². The molecule has 0 saturated heterocycles. The Morgan fingerprint density at radius 3 is 2.95 bits per heavy atom. The number of rotatable bonds is 5. The van der Waals surface area contributed by atoms with Crippen LogP contribution in [0.3, 0.4) is 0 Å². The van der Waals surface area contributed by atoms with Crippen LogP contribution in [0.15, 0.2) is 22.6 Å². The van der Waals surface area contributed by atoms with Gasteiger partial charge in [-0.15, -0.1) is 10.2 Å². The summed E-state index contributed by atoms with van der Waals surface area (Å²) in [6.45, 7) is 0.646. The maximum atomic E-state index is 13.0. The number of nitrogens with one attached hydrogen (secondary N) is 1. The second kappa shape index (κ2) is 5.53. The number of nitro benzene ring substituents is 1. The summed E-state index contributed by atoms with van der Waals surface area (Å²) < 4.78 is 18.3. The van der Waals surface area contributed by atoms with Crippen LogP contribution in [0.25, 0.3) is 11.5 Å². The summed E-state index contributed by atoms with van der Waals surface area (Å²) in [5.74, 6) is -0.314. The molecule has 1 aromatic heterocycles. The molecule has 0 aliphatic carbocycles. The van der Waals surface area contributed by atoms with Gasteiger partial charge in [0.15, 0.2) is 0 Å². The molecule has 2 aromatic rings. The molecule has 0 aliphatic rings. The van der Waals surface area contributed by atoms with Crippen LogP contribution in [0.4, 0.5) is 10.1 Å². The number of halogens is 1. The molecule has 8 heteroatoms. The average Bonchev–Trinajstić information content (AvgIpc) is 2.84. The summed E-state index contributed by atoms with van der Waals surface area (Å²) in [5.41, 5.74) is -0.293. The fraction of sp³-hybridized carbons (Fsp3) is 0.273. The lowest BCUT2D eigenvalue weighted by Gasteiger charge is -1.98. The fourth-order valence-corrected chi connectivity index (χ4v) is 1.53. The van der Waals surface area contributed by atoms with Gasteiger partial charge in [0, 0.05) is 13.0 Å². The first-order valence-corrected chi connectivity index (χ1v) is 5.53. The molecule has 0 saturated carbocycles. The van der Waals surface area contributed by atoms with Crippen LogP contribution in [0.1, 0.15) is 5.89 Å². The molecule has 0 bridgehead atoms. The van der Waals surface area contributed by atoms with Crippen LogP contribution in [0.5, 0.6) is 0 Å². The van der Waals surface area contributed by atoms with E-state index in [2.05, 4.69) is 15.5 Å². The van der Waals surface area contributed by atoms with E-state index in [1.165, 1.54) is 6.07 Å². The summed E-state index contributed by atoms with van der Waals surface area (Å²) in [6, 6.07) is 3.19. The lowest BCUT2D eigenvalue weighted by Crippen LogP contribution is -2.10. The first-order valence-electron chi connectivity index (χ1n) is 5.53. The lowest BCUT2D eigenvalue weighted by molar-refractivity contribution is -0.384. The molecular weight excluding hydrogens is 255 g/mol. The van der Waals surface area contributed by atoms with Crippen molar-refractivity contribution in [1.82, 2.24) is 15.5 Å². The van der Waals surface area contributed by atoms with Crippen molar-refractivity contribution in [2.75, 3.05) is 13.6 Å². The SMILES string of the molecule is CNCCc1nnc(-c2ccc(F)cc2[N+](=O)[O-])o1. The van der Waals surface area contributed by atoms with Crippen LogP contribution in [-0.4, -0.2) is 28.7 Å². The van der Waals surface area contributed by atoms with E-state index in [4.69, 9.17) is 4.42 Å². The first kappa shape index (κ1) is 13.1. The highest BCUT2D eigenvalue weighted by Crippen LogP contribution is 2.29. The van der Waals surface area contributed by atoms with Crippen molar-refractivity contribution in [1.29, 1.82) is 0 Å². The molecular formula is C11H11FN4O3. The number of hydrogen-bond donors (Lipinski definition) is 1. The van der Waals surface area contributed by atoms with E-state index in [1.807, 2.05) is 0 Å². The van der Waals surface area contributed by atoms with Crippen LogP contribution in [-0.2, 0) is 6.42 Å². The Morgan fingerprint density at radius 2 is 2.26 bits per heavy atom. The number of aromatic nitrogens is 2. The Bertz CT molecular complexity index is 599. The van der Waals surface area contributed by atoms with Crippen molar-refractivity contribution >= 4 is 5.69 Å².